The lowest BCUT2D eigenvalue weighted by atomic mass is 10.0. The second-order valence-electron chi connectivity index (χ2n) is 6.45. The van der Waals surface area contributed by atoms with E-state index in [1.807, 2.05) is 34.5 Å². The van der Waals surface area contributed by atoms with Crippen molar-refractivity contribution < 1.29 is 14.1 Å². The predicted octanol–water partition coefficient (Wildman–Crippen LogP) is 3.84. The number of benzene rings is 1. The molecule has 1 aliphatic rings. The molecule has 0 aliphatic carbocycles. The fourth-order valence-corrected chi connectivity index (χ4v) is 4.36. The summed E-state index contributed by atoms with van der Waals surface area (Å²) < 4.78 is 11.7. The first kappa shape index (κ1) is 17.2. The first-order valence-corrected chi connectivity index (χ1v) is 9.74. The van der Waals surface area contributed by atoms with Gasteiger partial charge in [-0.3, -0.25) is 4.79 Å². The number of thiophene rings is 1. The van der Waals surface area contributed by atoms with Crippen LogP contribution in [0.3, 0.4) is 0 Å². The number of hydrogen-bond acceptors (Lipinski definition) is 6. The van der Waals surface area contributed by atoms with E-state index in [2.05, 4.69) is 10.1 Å². The van der Waals surface area contributed by atoms with Crippen molar-refractivity contribution in [2.75, 3.05) is 20.3 Å². The van der Waals surface area contributed by atoms with E-state index in [-0.39, 0.29) is 11.9 Å². The highest BCUT2D eigenvalue weighted by atomic mass is 32.1. The summed E-state index contributed by atoms with van der Waals surface area (Å²) in [5.41, 5.74) is 0.761. The monoisotopic (exact) mass is 371 g/mol. The maximum atomic E-state index is 13.3. The normalized spacial score (nSPS) is 17.7. The fraction of sp³-hybridized carbons (Fsp3) is 0.421. The Bertz CT molecular complexity index is 904. The number of likely N-dealkylation sites (tertiary alicyclic amines) is 1. The van der Waals surface area contributed by atoms with Gasteiger partial charge in [0.05, 0.1) is 12.2 Å². The zero-order chi connectivity index (χ0) is 17.9. The van der Waals surface area contributed by atoms with Crippen molar-refractivity contribution in [1.29, 1.82) is 0 Å². The molecule has 7 heteroatoms. The van der Waals surface area contributed by atoms with Gasteiger partial charge < -0.3 is 14.2 Å². The molecule has 1 aromatic carbocycles. The van der Waals surface area contributed by atoms with Crippen LogP contribution in [0.25, 0.3) is 10.1 Å². The molecule has 0 bridgehead atoms. The number of carbonyl (C=O) groups is 1. The molecular weight excluding hydrogens is 350 g/mol. The van der Waals surface area contributed by atoms with Gasteiger partial charge in [0.2, 0.25) is 5.89 Å². The Morgan fingerprint density at radius 2 is 2.27 bits per heavy atom. The van der Waals surface area contributed by atoms with Gasteiger partial charge in [0.25, 0.3) is 5.91 Å². The van der Waals surface area contributed by atoms with Crippen molar-refractivity contribution in [2.24, 2.45) is 0 Å². The van der Waals surface area contributed by atoms with Gasteiger partial charge in [-0.15, -0.1) is 11.3 Å². The summed E-state index contributed by atoms with van der Waals surface area (Å²) in [7, 11) is 1.65. The Morgan fingerprint density at radius 3 is 3.15 bits per heavy atom. The van der Waals surface area contributed by atoms with E-state index in [4.69, 9.17) is 9.26 Å². The summed E-state index contributed by atoms with van der Waals surface area (Å²) in [4.78, 5) is 19.7. The summed E-state index contributed by atoms with van der Waals surface area (Å²) in [5.74, 6) is 1.20. The predicted molar refractivity (Wildman–Crippen MR) is 99.3 cm³/mol. The lowest BCUT2D eigenvalue weighted by Crippen LogP contribution is -2.38. The summed E-state index contributed by atoms with van der Waals surface area (Å²) in [6, 6.07) is 7.87. The van der Waals surface area contributed by atoms with Gasteiger partial charge in [-0.2, -0.15) is 4.98 Å². The molecule has 0 spiro atoms. The van der Waals surface area contributed by atoms with E-state index in [1.165, 1.54) is 0 Å². The molecule has 1 fully saturated rings. The molecule has 3 heterocycles. The lowest BCUT2D eigenvalue weighted by Gasteiger charge is -2.33. The third-order valence-corrected chi connectivity index (χ3v) is 5.74. The van der Waals surface area contributed by atoms with Crippen LogP contribution in [0.4, 0.5) is 0 Å². The second-order valence-corrected chi connectivity index (χ2v) is 7.36. The van der Waals surface area contributed by atoms with Gasteiger partial charge >= 0.3 is 0 Å². The number of aromatic nitrogens is 2. The molecule has 4 rings (SSSR count). The molecule has 0 saturated carbocycles. The second kappa shape index (κ2) is 7.55. The van der Waals surface area contributed by atoms with Crippen molar-refractivity contribution in [3.8, 4) is 0 Å². The van der Waals surface area contributed by atoms with Gasteiger partial charge in [-0.05, 0) is 25.3 Å². The van der Waals surface area contributed by atoms with Gasteiger partial charge in [-0.25, -0.2) is 0 Å². The smallest absolute Gasteiger partial charge is 0.256 e. The number of amides is 1. The van der Waals surface area contributed by atoms with E-state index < -0.39 is 0 Å². The molecule has 136 valence electrons. The minimum atomic E-state index is -0.154. The van der Waals surface area contributed by atoms with Crippen LogP contribution in [0.15, 0.2) is 34.2 Å². The Morgan fingerprint density at radius 1 is 1.38 bits per heavy atom. The van der Waals surface area contributed by atoms with E-state index >= 15 is 0 Å². The molecule has 1 aliphatic heterocycles. The van der Waals surface area contributed by atoms with Gasteiger partial charge in [0.15, 0.2) is 5.82 Å². The standard InChI is InChI=1S/C19H21N3O3S/c1-24-11-9-17-20-18(25-21-17)15-7-4-5-10-22(15)19(23)14-12-26-16-8-3-2-6-13(14)16/h2-3,6,8,12,15H,4-5,7,9-11H2,1H3. The van der Waals surface area contributed by atoms with Crippen LogP contribution in [0.1, 0.15) is 47.4 Å². The number of rotatable bonds is 5. The first-order valence-electron chi connectivity index (χ1n) is 8.86. The van der Waals surface area contributed by atoms with Crippen LogP contribution in [0.5, 0.6) is 0 Å². The summed E-state index contributed by atoms with van der Waals surface area (Å²) in [5, 5.41) is 7.00. The zero-order valence-electron chi connectivity index (χ0n) is 14.7. The minimum Gasteiger partial charge on any atom is -0.384 e. The average molecular weight is 371 g/mol. The maximum absolute atomic E-state index is 13.3. The minimum absolute atomic E-state index is 0.0452. The molecule has 6 nitrogen and oxygen atoms in total. The van der Waals surface area contributed by atoms with Crippen molar-refractivity contribution in [1.82, 2.24) is 15.0 Å². The van der Waals surface area contributed by atoms with Crippen molar-refractivity contribution >= 4 is 27.3 Å². The highest BCUT2D eigenvalue weighted by molar-refractivity contribution is 7.17. The molecule has 1 unspecified atom stereocenters. The van der Waals surface area contributed by atoms with Crippen LogP contribution in [0.2, 0.25) is 0 Å². The molecule has 0 radical (unpaired) electrons. The quantitative estimate of drug-likeness (QED) is 0.682. The number of piperidine rings is 1. The Hall–Kier alpha value is -2.25. The molecule has 0 N–H and O–H groups in total. The van der Waals surface area contributed by atoms with Crippen LogP contribution in [-0.4, -0.2) is 41.2 Å². The third kappa shape index (κ3) is 3.24. The number of nitrogens with zero attached hydrogens (tertiary/aromatic N) is 3. The Labute approximate surface area is 155 Å². The van der Waals surface area contributed by atoms with Gasteiger partial charge in [0, 0.05) is 35.5 Å². The zero-order valence-corrected chi connectivity index (χ0v) is 15.5. The SMILES string of the molecule is COCCc1noc(C2CCCCN2C(=O)c2csc3ccccc23)n1. The summed E-state index contributed by atoms with van der Waals surface area (Å²) in [6.07, 6.45) is 3.50. The van der Waals surface area contributed by atoms with Crippen LogP contribution >= 0.6 is 11.3 Å². The van der Waals surface area contributed by atoms with E-state index in [0.29, 0.717) is 31.3 Å². The lowest BCUT2D eigenvalue weighted by molar-refractivity contribution is 0.0564. The number of ether oxygens (including phenoxy) is 1. The number of carbonyl (C=O) groups excluding carboxylic acids is 1. The van der Waals surface area contributed by atoms with Gasteiger partial charge in [-0.1, -0.05) is 23.4 Å². The van der Waals surface area contributed by atoms with E-state index in [0.717, 1.165) is 34.9 Å². The molecule has 1 amide bonds. The summed E-state index contributed by atoms with van der Waals surface area (Å²) in [6.45, 7) is 1.26. The van der Waals surface area contributed by atoms with Crippen molar-refractivity contribution in [2.45, 2.75) is 31.7 Å². The fourth-order valence-electron chi connectivity index (χ4n) is 3.43. The number of hydrogen-bond donors (Lipinski definition) is 0. The Kier molecular flexibility index (Phi) is 4.99. The Balaban J connectivity index is 1.61. The molecular formula is C19H21N3O3S. The highest BCUT2D eigenvalue weighted by Crippen LogP contribution is 2.34. The molecule has 26 heavy (non-hydrogen) atoms. The average Bonchev–Trinajstić information content (AvgIpc) is 3.33. The summed E-state index contributed by atoms with van der Waals surface area (Å²) >= 11 is 1.60. The molecule has 3 aromatic rings. The van der Waals surface area contributed by atoms with E-state index in [1.54, 1.807) is 18.4 Å². The van der Waals surface area contributed by atoms with Crippen molar-refractivity contribution in [3.05, 3.63) is 46.9 Å². The van der Waals surface area contributed by atoms with Crippen LogP contribution in [-0.2, 0) is 11.2 Å². The molecule has 1 saturated heterocycles. The van der Waals surface area contributed by atoms with Crippen molar-refractivity contribution in [3.63, 3.8) is 0 Å². The largest absolute Gasteiger partial charge is 0.384 e. The van der Waals surface area contributed by atoms with Crippen LogP contribution < -0.4 is 0 Å². The first-order chi connectivity index (χ1) is 12.8. The van der Waals surface area contributed by atoms with Crippen LogP contribution in [0, 0.1) is 0 Å². The van der Waals surface area contributed by atoms with E-state index in [9.17, 15) is 4.79 Å². The molecule has 1 atom stereocenters. The number of methoxy groups -OCH3 is 1. The maximum Gasteiger partial charge on any atom is 0.256 e. The highest BCUT2D eigenvalue weighted by Gasteiger charge is 2.33. The number of fused-ring (bicyclic) bond motifs is 1. The third-order valence-electron chi connectivity index (χ3n) is 4.77. The topological polar surface area (TPSA) is 68.5 Å². The molecule has 2 aromatic heterocycles. The van der Waals surface area contributed by atoms with Gasteiger partial charge in [0.1, 0.15) is 6.04 Å².